The SMILES string of the molecule is O=C1NC[C@H](c2ccccc2)Cc2[nH]c(-c3nc(-c4ccccn4)no3)nc21. The van der Waals surface area contributed by atoms with E-state index in [9.17, 15) is 4.79 Å². The van der Waals surface area contributed by atoms with Gasteiger partial charge < -0.3 is 14.8 Å². The summed E-state index contributed by atoms with van der Waals surface area (Å²) >= 11 is 0. The third kappa shape index (κ3) is 2.94. The zero-order valence-electron chi connectivity index (χ0n) is 14.8. The number of amides is 1. The molecule has 1 aliphatic rings. The topological polar surface area (TPSA) is 110 Å². The van der Waals surface area contributed by atoms with Gasteiger partial charge in [-0.2, -0.15) is 4.98 Å². The Morgan fingerprint density at radius 2 is 1.89 bits per heavy atom. The number of benzene rings is 1. The van der Waals surface area contributed by atoms with Crippen LogP contribution in [0, 0.1) is 0 Å². The summed E-state index contributed by atoms with van der Waals surface area (Å²) in [5.74, 6) is 0.919. The van der Waals surface area contributed by atoms with E-state index < -0.39 is 0 Å². The Kier molecular flexibility index (Phi) is 3.93. The monoisotopic (exact) mass is 372 g/mol. The fraction of sp³-hybridized carbons (Fsp3) is 0.150. The molecule has 1 atom stereocenters. The summed E-state index contributed by atoms with van der Waals surface area (Å²) in [4.78, 5) is 28.7. The Bertz CT molecular complexity index is 1120. The van der Waals surface area contributed by atoms with Crippen molar-refractivity contribution < 1.29 is 9.32 Å². The molecule has 8 nitrogen and oxygen atoms in total. The minimum absolute atomic E-state index is 0.159. The van der Waals surface area contributed by atoms with Gasteiger partial charge in [0.05, 0.1) is 0 Å². The lowest BCUT2D eigenvalue weighted by Crippen LogP contribution is -2.26. The van der Waals surface area contributed by atoms with E-state index in [1.807, 2.05) is 30.3 Å². The number of nitrogens with zero attached hydrogens (tertiary/aromatic N) is 4. The number of imidazole rings is 1. The van der Waals surface area contributed by atoms with Crippen molar-refractivity contribution in [2.45, 2.75) is 12.3 Å². The molecule has 0 aliphatic carbocycles. The van der Waals surface area contributed by atoms with Gasteiger partial charge in [0.15, 0.2) is 5.82 Å². The quantitative estimate of drug-likeness (QED) is 0.572. The molecule has 1 amide bonds. The van der Waals surface area contributed by atoms with Gasteiger partial charge in [0, 0.05) is 24.4 Å². The molecule has 0 spiro atoms. The van der Waals surface area contributed by atoms with Crippen molar-refractivity contribution in [2.75, 3.05) is 6.54 Å². The maximum Gasteiger partial charge on any atom is 0.294 e. The Labute approximate surface area is 160 Å². The van der Waals surface area contributed by atoms with Crippen molar-refractivity contribution >= 4 is 5.91 Å². The fourth-order valence-corrected chi connectivity index (χ4v) is 3.34. The predicted octanol–water partition coefficient (Wildman–Crippen LogP) is 2.59. The Morgan fingerprint density at radius 3 is 2.71 bits per heavy atom. The molecular weight excluding hydrogens is 356 g/mol. The first-order valence-electron chi connectivity index (χ1n) is 8.95. The highest BCUT2D eigenvalue weighted by Gasteiger charge is 2.27. The summed E-state index contributed by atoms with van der Waals surface area (Å²) in [6.07, 6.45) is 2.32. The van der Waals surface area contributed by atoms with Crippen molar-refractivity contribution in [2.24, 2.45) is 0 Å². The predicted molar refractivity (Wildman–Crippen MR) is 100 cm³/mol. The number of rotatable bonds is 3. The largest absolute Gasteiger partial charge is 0.350 e. The smallest absolute Gasteiger partial charge is 0.294 e. The number of hydrogen-bond donors (Lipinski definition) is 2. The van der Waals surface area contributed by atoms with Crippen molar-refractivity contribution in [1.82, 2.24) is 30.4 Å². The lowest BCUT2D eigenvalue weighted by molar-refractivity contribution is 0.0950. The average molecular weight is 372 g/mol. The molecule has 138 valence electrons. The number of carbonyl (C=O) groups is 1. The second kappa shape index (κ2) is 6.73. The van der Waals surface area contributed by atoms with Crippen LogP contribution >= 0.6 is 0 Å². The van der Waals surface area contributed by atoms with Crippen LogP contribution in [0.25, 0.3) is 23.2 Å². The molecule has 4 heterocycles. The van der Waals surface area contributed by atoms with Gasteiger partial charge in [0.1, 0.15) is 11.4 Å². The normalized spacial score (nSPS) is 16.3. The van der Waals surface area contributed by atoms with Crippen molar-refractivity contribution in [3.05, 3.63) is 71.7 Å². The van der Waals surface area contributed by atoms with Crippen LogP contribution in [0.15, 0.2) is 59.3 Å². The molecule has 0 radical (unpaired) electrons. The highest BCUT2D eigenvalue weighted by molar-refractivity contribution is 5.94. The van der Waals surface area contributed by atoms with Crippen molar-refractivity contribution in [3.8, 4) is 23.2 Å². The number of pyridine rings is 1. The third-order valence-corrected chi connectivity index (χ3v) is 4.75. The van der Waals surface area contributed by atoms with Crippen LogP contribution in [0.2, 0.25) is 0 Å². The minimum Gasteiger partial charge on any atom is -0.350 e. The van der Waals surface area contributed by atoms with E-state index in [0.717, 1.165) is 5.69 Å². The van der Waals surface area contributed by atoms with Crippen LogP contribution in [0.3, 0.4) is 0 Å². The van der Waals surface area contributed by atoms with Gasteiger partial charge in [-0.1, -0.05) is 41.6 Å². The summed E-state index contributed by atoms with van der Waals surface area (Å²) in [7, 11) is 0. The Morgan fingerprint density at radius 1 is 1.04 bits per heavy atom. The number of aromatic amines is 1. The van der Waals surface area contributed by atoms with Crippen LogP contribution < -0.4 is 5.32 Å². The summed E-state index contributed by atoms with van der Waals surface area (Å²) in [6.45, 7) is 0.562. The number of carbonyl (C=O) groups excluding carboxylic acids is 1. The molecule has 28 heavy (non-hydrogen) atoms. The molecule has 5 rings (SSSR count). The summed E-state index contributed by atoms with van der Waals surface area (Å²) < 4.78 is 5.33. The molecule has 0 unspecified atom stereocenters. The highest BCUT2D eigenvalue weighted by Crippen LogP contribution is 2.27. The van der Waals surface area contributed by atoms with E-state index in [0.29, 0.717) is 36.0 Å². The van der Waals surface area contributed by atoms with E-state index in [2.05, 4.69) is 42.5 Å². The highest BCUT2D eigenvalue weighted by atomic mass is 16.5. The molecule has 0 fully saturated rings. The van der Waals surface area contributed by atoms with Crippen LogP contribution in [0.5, 0.6) is 0 Å². The lowest BCUT2D eigenvalue weighted by Gasteiger charge is -2.14. The Hall–Kier alpha value is -3.81. The van der Waals surface area contributed by atoms with E-state index in [1.54, 1.807) is 12.3 Å². The summed E-state index contributed by atoms with van der Waals surface area (Å²) in [5.41, 5.74) is 2.90. The minimum atomic E-state index is -0.208. The molecule has 0 saturated heterocycles. The van der Waals surface area contributed by atoms with Crippen LogP contribution in [-0.2, 0) is 6.42 Å². The van der Waals surface area contributed by atoms with Crippen LogP contribution in [0.4, 0.5) is 0 Å². The summed E-state index contributed by atoms with van der Waals surface area (Å²) in [6, 6.07) is 15.6. The first kappa shape index (κ1) is 16.4. The molecule has 1 aromatic carbocycles. The molecule has 4 aromatic rings. The van der Waals surface area contributed by atoms with E-state index in [1.165, 1.54) is 5.56 Å². The van der Waals surface area contributed by atoms with E-state index >= 15 is 0 Å². The maximum atomic E-state index is 12.5. The average Bonchev–Trinajstić information content (AvgIpc) is 3.37. The molecule has 0 bridgehead atoms. The first-order chi connectivity index (χ1) is 13.8. The lowest BCUT2D eigenvalue weighted by atomic mass is 9.94. The van der Waals surface area contributed by atoms with Gasteiger partial charge in [-0.15, -0.1) is 0 Å². The number of hydrogen-bond acceptors (Lipinski definition) is 6. The molecule has 8 heteroatoms. The molecular formula is C20H16N6O2. The Balaban J connectivity index is 1.47. The van der Waals surface area contributed by atoms with Gasteiger partial charge >= 0.3 is 0 Å². The van der Waals surface area contributed by atoms with Crippen LogP contribution in [-0.4, -0.2) is 37.5 Å². The van der Waals surface area contributed by atoms with E-state index in [4.69, 9.17) is 4.52 Å². The van der Waals surface area contributed by atoms with Gasteiger partial charge in [0.25, 0.3) is 11.8 Å². The number of H-pyrrole nitrogens is 1. The molecule has 3 aromatic heterocycles. The number of aromatic nitrogens is 5. The third-order valence-electron chi connectivity index (χ3n) is 4.75. The fourth-order valence-electron chi connectivity index (χ4n) is 3.34. The summed E-state index contributed by atoms with van der Waals surface area (Å²) in [5, 5.41) is 6.91. The second-order valence-corrected chi connectivity index (χ2v) is 6.57. The molecule has 0 saturated carbocycles. The molecule has 1 aliphatic heterocycles. The van der Waals surface area contributed by atoms with Crippen molar-refractivity contribution in [3.63, 3.8) is 0 Å². The van der Waals surface area contributed by atoms with Crippen LogP contribution in [0.1, 0.15) is 27.7 Å². The second-order valence-electron chi connectivity index (χ2n) is 6.57. The van der Waals surface area contributed by atoms with E-state index in [-0.39, 0.29) is 17.7 Å². The zero-order valence-corrected chi connectivity index (χ0v) is 14.8. The van der Waals surface area contributed by atoms with Crippen molar-refractivity contribution in [1.29, 1.82) is 0 Å². The number of nitrogens with one attached hydrogen (secondary N) is 2. The standard InChI is InChI=1S/C20H16N6O2/c27-19-16-15(10-13(11-22-19)12-6-2-1-3-7-12)23-18(24-16)20-25-17(26-28-20)14-8-4-5-9-21-14/h1-9,13H,10-11H2,(H,22,27)(H,23,24)/t13-/m1/s1. The van der Waals surface area contributed by atoms with Gasteiger partial charge in [-0.25, -0.2) is 4.98 Å². The van der Waals surface area contributed by atoms with Gasteiger partial charge in [-0.05, 0) is 24.1 Å². The van der Waals surface area contributed by atoms with Gasteiger partial charge in [-0.3, -0.25) is 9.78 Å². The number of fused-ring (bicyclic) bond motifs is 1. The first-order valence-corrected chi connectivity index (χ1v) is 8.95. The van der Waals surface area contributed by atoms with Gasteiger partial charge in [0.2, 0.25) is 5.82 Å². The zero-order chi connectivity index (χ0) is 18.9. The maximum absolute atomic E-state index is 12.5. The molecule has 2 N–H and O–H groups in total.